The van der Waals surface area contributed by atoms with Gasteiger partial charge in [0.2, 0.25) is 0 Å². The van der Waals surface area contributed by atoms with Crippen molar-refractivity contribution in [1.82, 2.24) is 9.99 Å². The smallest absolute Gasteiger partial charge is 0.318 e. The molecular weight excluding hydrogens is 400 g/mol. The van der Waals surface area contributed by atoms with Crippen LogP contribution >= 0.6 is 11.6 Å². The zero-order valence-electron chi connectivity index (χ0n) is 17.3. The minimum atomic E-state index is -0.863. The number of hydrazone groups is 1. The molecule has 7 heteroatoms. The molecule has 1 aromatic heterocycles. The molecule has 0 aliphatic carbocycles. The van der Waals surface area contributed by atoms with Crippen LogP contribution in [-0.2, 0) is 9.59 Å². The van der Waals surface area contributed by atoms with Crippen LogP contribution in [0.25, 0.3) is 5.69 Å². The summed E-state index contributed by atoms with van der Waals surface area (Å²) in [5, 5.41) is 6.95. The number of hydrogen-bond donors (Lipinski definition) is 2. The van der Waals surface area contributed by atoms with Crippen molar-refractivity contribution in [1.29, 1.82) is 0 Å². The second-order valence-corrected chi connectivity index (χ2v) is 7.55. The van der Waals surface area contributed by atoms with Crippen molar-refractivity contribution in [2.75, 3.05) is 5.32 Å². The number of carbonyl (C=O) groups excluding carboxylic acids is 2. The molecule has 2 aromatic carbocycles. The lowest BCUT2D eigenvalue weighted by Gasteiger charge is -2.09. The van der Waals surface area contributed by atoms with E-state index in [0.717, 1.165) is 28.2 Å². The van der Waals surface area contributed by atoms with E-state index < -0.39 is 11.8 Å². The highest BCUT2D eigenvalue weighted by molar-refractivity contribution is 6.40. The molecule has 30 heavy (non-hydrogen) atoms. The number of anilines is 1. The molecule has 0 saturated carbocycles. The zero-order chi connectivity index (χ0) is 21.8. The average Bonchev–Trinajstić information content (AvgIpc) is 2.98. The molecule has 0 aliphatic rings. The number of nitrogens with one attached hydrogen (secondary N) is 2. The summed E-state index contributed by atoms with van der Waals surface area (Å²) >= 11 is 5.94. The van der Waals surface area contributed by atoms with Gasteiger partial charge in [-0.1, -0.05) is 35.4 Å². The highest BCUT2D eigenvalue weighted by Gasteiger charge is 2.15. The number of rotatable bonds is 4. The van der Waals surface area contributed by atoms with E-state index in [9.17, 15) is 9.59 Å². The van der Waals surface area contributed by atoms with E-state index in [-0.39, 0.29) is 0 Å². The quantitative estimate of drug-likeness (QED) is 0.370. The van der Waals surface area contributed by atoms with Crippen LogP contribution in [0.5, 0.6) is 0 Å². The Morgan fingerprint density at radius 3 is 2.37 bits per heavy atom. The van der Waals surface area contributed by atoms with Crippen molar-refractivity contribution in [2.24, 2.45) is 5.10 Å². The molecule has 0 bridgehead atoms. The van der Waals surface area contributed by atoms with Crippen molar-refractivity contribution < 1.29 is 9.59 Å². The Kier molecular flexibility index (Phi) is 6.37. The van der Waals surface area contributed by atoms with Crippen LogP contribution in [0.1, 0.15) is 28.1 Å². The predicted octanol–water partition coefficient (Wildman–Crippen LogP) is 4.45. The van der Waals surface area contributed by atoms with E-state index in [0.29, 0.717) is 10.7 Å². The molecule has 0 saturated heterocycles. The van der Waals surface area contributed by atoms with E-state index >= 15 is 0 Å². The van der Waals surface area contributed by atoms with Crippen LogP contribution in [0.15, 0.2) is 53.6 Å². The summed E-state index contributed by atoms with van der Waals surface area (Å²) < 4.78 is 2.11. The molecule has 3 rings (SSSR count). The molecule has 0 aliphatic heterocycles. The molecule has 1 heterocycles. The fraction of sp³-hybridized carbons (Fsp3) is 0.174. The summed E-state index contributed by atoms with van der Waals surface area (Å²) in [5.41, 5.74) is 8.65. The third-order valence-electron chi connectivity index (χ3n) is 4.79. The number of aryl methyl sites for hydroxylation is 3. The van der Waals surface area contributed by atoms with E-state index in [1.165, 1.54) is 11.8 Å². The SMILES string of the molecule is Cc1ccc(-n2c(C)cc(/C=N\NC(=O)C(=O)Nc3cc(Cl)ccc3C)c2C)cc1. The number of nitrogens with zero attached hydrogens (tertiary/aromatic N) is 2. The Bertz CT molecular complexity index is 1130. The number of carbonyl (C=O) groups is 2. The first kappa shape index (κ1) is 21.3. The van der Waals surface area contributed by atoms with Crippen LogP contribution in [0, 0.1) is 27.7 Å². The number of benzene rings is 2. The topological polar surface area (TPSA) is 75.5 Å². The van der Waals surface area contributed by atoms with Crippen molar-refractivity contribution in [2.45, 2.75) is 27.7 Å². The van der Waals surface area contributed by atoms with Gasteiger partial charge in [-0.2, -0.15) is 5.10 Å². The molecule has 2 N–H and O–H groups in total. The van der Waals surface area contributed by atoms with Gasteiger partial charge in [0.15, 0.2) is 0 Å². The van der Waals surface area contributed by atoms with Gasteiger partial charge in [0, 0.05) is 33.3 Å². The van der Waals surface area contributed by atoms with E-state index in [1.807, 2.05) is 33.8 Å². The molecule has 2 amide bonds. The van der Waals surface area contributed by atoms with Gasteiger partial charge in [0.25, 0.3) is 0 Å². The standard InChI is InChI=1S/C23H23ClN4O2/c1-14-5-9-20(10-6-14)28-16(3)11-18(17(28)4)13-25-27-23(30)22(29)26-21-12-19(24)8-7-15(21)2/h5-13H,1-4H3,(H,26,29)(H,27,30)/b25-13-. The van der Waals surface area contributed by atoms with E-state index in [1.54, 1.807) is 18.2 Å². The lowest BCUT2D eigenvalue weighted by atomic mass is 10.2. The normalized spacial score (nSPS) is 11.0. The summed E-state index contributed by atoms with van der Waals surface area (Å²) in [7, 11) is 0. The first-order valence-corrected chi connectivity index (χ1v) is 9.80. The van der Waals surface area contributed by atoms with Gasteiger partial charge in [-0.15, -0.1) is 0 Å². The highest BCUT2D eigenvalue weighted by atomic mass is 35.5. The second kappa shape index (κ2) is 8.97. The Balaban J connectivity index is 1.68. The molecule has 0 fully saturated rings. The third kappa shape index (κ3) is 4.78. The minimum Gasteiger partial charge on any atom is -0.318 e. The van der Waals surface area contributed by atoms with Crippen LogP contribution in [-0.4, -0.2) is 22.6 Å². The van der Waals surface area contributed by atoms with Gasteiger partial charge >= 0.3 is 11.8 Å². The van der Waals surface area contributed by atoms with Crippen LogP contribution in [0.2, 0.25) is 5.02 Å². The van der Waals surface area contributed by atoms with Gasteiger partial charge in [0.1, 0.15) is 0 Å². The minimum absolute atomic E-state index is 0.471. The largest absolute Gasteiger partial charge is 0.329 e. The third-order valence-corrected chi connectivity index (χ3v) is 5.02. The lowest BCUT2D eigenvalue weighted by molar-refractivity contribution is -0.136. The fourth-order valence-corrected chi connectivity index (χ4v) is 3.30. The van der Waals surface area contributed by atoms with Gasteiger partial charge < -0.3 is 9.88 Å². The summed E-state index contributed by atoms with van der Waals surface area (Å²) in [4.78, 5) is 24.2. The van der Waals surface area contributed by atoms with Gasteiger partial charge in [0.05, 0.1) is 6.21 Å². The summed E-state index contributed by atoms with van der Waals surface area (Å²) in [5.74, 6) is -1.68. The van der Waals surface area contributed by atoms with Crippen molar-refractivity contribution in [3.8, 4) is 5.69 Å². The Morgan fingerprint density at radius 2 is 1.67 bits per heavy atom. The molecular formula is C23H23ClN4O2. The summed E-state index contributed by atoms with van der Waals surface area (Å²) in [6.07, 6.45) is 1.53. The Hall–Kier alpha value is -3.38. The zero-order valence-corrected chi connectivity index (χ0v) is 18.0. The molecule has 0 atom stereocenters. The van der Waals surface area contributed by atoms with Crippen LogP contribution in [0.3, 0.4) is 0 Å². The second-order valence-electron chi connectivity index (χ2n) is 7.11. The summed E-state index contributed by atoms with van der Waals surface area (Å²) in [6.45, 7) is 7.84. The number of halogens is 1. The van der Waals surface area contributed by atoms with Crippen molar-refractivity contribution in [3.05, 3.63) is 81.6 Å². The summed E-state index contributed by atoms with van der Waals surface area (Å²) in [6, 6.07) is 15.3. The maximum absolute atomic E-state index is 12.1. The van der Waals surface area contributed by atoms with Crippen molar-refractivity contribution in [3.63, 3.8) is 0 Å². The monoisotopic (exact) mass is 422 g/mol. The number of amides is 2. The maximum Gasteiger partial charge on any atom is 0.329 e. The van der Waals surface area contributed by atoms with Crippen LogP contribution < -0.4 is 10.7 Å². The number of aromatic nitrogens is 1. The van der Waals surface area contributed by atoms with Crippen molar-refractivity contribution >= 4 is 35.3 Å². The molecule has 3 aromatic rings. The molecule has 154 valence electrons. The molecule has 0 spiro atoms. The van der Waals surface area contributed by atoms with Gasteiger partial charge in [-0.25, -0.2) is 5.43 Å². The number of hydrogen-bond acceptors (Lipinski definition) is 3. The maximum atomic E-state index is 12.1. The van der Waals surface area contributed by atoms with Crippen LogP contribution in [0.4, 0.5) is 5.69 Å². The first-order valence-electron chi connectivity index (χ1n) is 9.43. The van der Waals surface area contributed by atoms with E-state index in [2.05, 4.69) is 44.7 Å². The van der Waals surface area contributed by atoms with Gasteiger partial charge in [-0.3, -0.25) is 9.59 Å². The Labute approximate surface area is 180 Å². The molecule has 6 nitrogen and oxygen atoms in total. The highest BCUT2D eigenvalue weighted by Crippen LogP contribution is 2.21. The average molecular weight is 423 g/mol. The fourth-order valence-electron chi connectivity index (χ4n) is 3.13. The molecule has 0 unspecified atom stereocenters. The lowest BCUT2D eigenvalue weighted by Crippen LogP contribution is -2.32. The molecule has 0 radical (unpaired) electrons. The van der Waals surface area contributed by atoms with E-state index in [4.69, 9.17) is 11.6 Å². The van der Waals surface area contributed by atoms with Gasteiger partial charge in [-0.05, 0) is 63.6 Å². The Morgan fingerprint density at radius 1 is 0.967 bits per heavy atom. The first-order chi connectivity index (χ1) is 14.3. The predicted molar refractivity (Wildman–Crippen MR) is 121 cm³/mol.